The third kappa shape index (κ3) is 6.81. The Bertz CT molecular complexity index is 1420. The number of Topliss-reactive ketones (excluding diaryl/α,β-unsaturated/α-hetero) is 1. The molecule has 0 bridgehead atoms. The van der Waals surface area contributed by atoms with E-state index in [9.17, 15) is 49.1 Å². The molecule has 2 amide bonds. The molecule has 2 aromatic carbocycles. The van der Waals surface area contributed by atoms with Gasteiger partial charge in [0.05, 0.1) is 23.4 Å². The molecular formula is C27H24F9N3O3. The average molecular weight is 609 g/mol. The van der Waals surface area contributed by atoms with Gasteiger partial charge in [0.1, 0.15) is 6.54 Å². The molecule has 6 nitrogen and oxygen atoms in total. The van der Waals surface area contributed by atoms with Crippen molar-refractivity contribution in [3.8, 4) is 0 Å². The second-order valence-electron chi connectivity index (χ2n) is 10.4. The van der Waals surface area contributed by atoms with E-state index in [1.807, 2.05) is 0 Å². The summed E-state index contributed by atoms with van der Waals surface area (Å²) in [7, 11) is 0. The van der Waals surface area contributed by atoms with Gasteiger partial charge in [0, 0.05) is 30.6 Å². The highest BCUT2D eigenvalue weighted by Crippen LogP contribution is 2.41. The van der Waals surface area contributed by atoms with Crippen LogP contribution in [0.3, 0.4) is 0 Å². The topological polar surface area (TPSA) is 62.2 Å². The van der Waals surface area contributed by atoms with Crippen LogP contribution in [0.25, 0.3) is 0 Å². The van der Waals surface area contributed by atoms with Crippen molar-refractivity contribution in [3.63, 3.8) is 0 Å². The van der Waals surface area contributed by atoms with Gasteiger partial charge in [0.2, 0.25) is 0 Å². The van der Waals surface area contributed by atoms with Crippen LogP contribution in [-0.4, -0.2) is 59.7 Å². The lowest BCUT2D eigenvalue weighted by Gasteiger charge is -2.35. The van der Waals surface area contributed by atoms with Crippen LogP contribution in [0.1, 0.15) is 57.9 Å². The Balaban J connectivity index is 1.57. The fraction of sp³-hybridized carbons (Fsp3) is 0.444. The highest BCUT2D eigenvalue weighted by atomic mass is 19.4. The largest absolute Gasteiger partial charge is 0.417 e. The average Bonchev–Trinajstić information content (AvgIpc) is 3.27. The Kier molecular flexibility index (Phi) is 8.02. The van der Waals surface area contributed by atoms with Crippen molar-refractivity contribution in [3.05, 3.63) is 69.8 Å². The minimum Gasteiger partial charge on any atom is -0.384 e. The molecule has 0 spiro atoms. The second-order valence-corrected chi connectivity index (χ2v) is 10.4. The number of nitrogens with zero attached hydrogens (tertiary/aromatic N) is 3. The van der Waals surface area contributed by atoms with Gasteiger partial charge in [0.25, 0.3) is 0 Å². The summed E-state index contributed by atoms with van der Waals surface area (Å²) in [5, 5.41) is 3.83. The van der Waals surface area contributed by atoms with Crippen molar-refractivity contribution < 1.29 is 53.9 Å². The van der Waals surface area contributed by atoms with Crippen LogP contribution in [0.2, 0.25) is 0 Å². The highest BCUT2D eigenvalue weighted by Gasteiger charge is 2.42. The number of halogens is 9. The maximum absolute atomic E-state index is 14.1. The molecule has 2 aliphatic rings. The summed E-state index contributed by atoms with van der Waals surface area (Å²) < 4.78 is 121. The molecule has 15 heteroatoms. The Morgan fingerprint density at radius 1 is 0.952 bits per heavy atom. The van der Waals surface area contributed by atoms with Crippen molar-refractivity contribution in [1.29, 1.82) is 0 Å². The van der Waals surface area contributed by atoms with E-state index >= 15 is 0 Å². The lowest BCUT2D eigenvalue weighted by molar-refractivity contribution is -0.142. The number of carbonyl (C=O) groups excluding carboxylic acids is 2. The van der Waals surface area contributed by atoms with E-state index in [4.69, 9.17) is 4.84 Å². The monoisotopic (exact) mass is 609 g/mol. The van der Waals surface area contributed by atoms with Gasteiger partial charge >= 0.3 is 24.6 Å². The van der Waals surface area contributed by atoms with Gasteiger partial charge in [-0.3, -0.25) is 4.79 Å². The molecule has 0 aromatic heterocycles. The maximum Gasteiger partial charge on any atom is 0.417 e. The van der Waals surface area contributed by atoms with Gasteiger partial charge < -0.3 is 14.6 Å². The number of ketones is 1. The lowest BCUT2D eigenvalue weighted by atomic mass is 9.86. The quantitative estimate of drug-likeness (QED) is 0.263. The molecule has 0 saturated carbocycles. The molecule has 228 valence electrons. The molecular weight excluding hydrogens is 585 g/mol. The highest BCUT2D eigenvalue weighted by molar-refractivity contribution is 6.05. The molecule has 1 atom stereocenters. The minimum absolute atomic E-state index is 0.00827. The van der Waals surface area contributed by atoms with E-state index in [2.05, 4.69) is 5.16 Å². The smallest absolute Gasteiger partial charge is 0.384 e. The zero-order valence-electron chi connectivity index (χ0n) is 22.2. The van der Waals surface area contributed by atoms with Crippen LogP contribution in [0.5, 0.6) is 0 Å². The van der Waals surface area contributed by atoms with Crippen LogP contribution < -0.4 is 0 Å². The summed E-state index contributed by atoms with van der Waals surface area (Å²) in [4.78, 5) is 32.0. The number of carbonyl (C=O) groups is 2. The van der Waals surface area contributed by atoms with Gasteiger partial charge in [0.15, 0.2) is 11.4 Å². The van der Waals surface area contributed by atoms with Crippen LogP contribution in [-0.2, 0) is 22.8 Å². The standard InChI is InChI=1S/C27H24F9N3O3/c1-15-8-17(11-18(9-15)26(31,32)33)24(2)12-21(37-42-24)16-4-5-19(20(10-16)27(34,35)36)22(40)13-38-6-3-7-39(23(38)41)14-25(28,29)30/h4-5,8-11H,3,6-7,12-14H2,1-2H3. The van der Waals surface area contributed by atoms with Gasteiger partial charge in [-0.05, 0) is 44.0 Å². The van der Waals surface area contributed by atoms with E-state index in [-0.39, 0.29) is 48.3 Å². The Morgan fingerprint density at radius 3 is 2.24 bits per heavy atom. The van der Waals surface area contributed by atoms with Crippen LogP contribution in [0.4, 0.5) is 44.3 Å². The van der Waals surface area contributed by atoms with E-state index in [1.165, 1.54) is 19.9 Å². The Hall–Kier alpha value is -3.78. The van der Waals surface area contributed by atoms with Gasteiger partial charge in [-0.2, -0.15) is 39.5 Å². The summed E-state index contributed by atoms with van der Waals surface area (Å²) in [6.07, 6.45) is -14.5. The predicted molar refractivity (Wildman–Crippen MR) is 131 cm³/mol. The number of alkyl halides is 9. The number of urea groups is 1. The molecule has 1 fully saturated rings. The van der Waals surface area contributed by atoms with E-state index in [0.717, 1.165) is 29.2 Å². The van der Waals surface area contributed by atoms with E-state index in [0.29, 0.717) is 11.0 Å². The first-order valence-corrected chi connectivity index (χ1v) is 12.6. The van der Waals surface area contributed by atoms with Gasteiger partial charge in [-0.25, -0.2) is 4.79 Å². The molecule has 1 saturated heterocycles. The normalized spacial score (nSPS) is 20.1. The number of hydrogen-bond donors (Lipinski definition) is 0. The van der Waals surface area contributed by atoms with Gasteiger partial charge in [-0.1, -0.05) is 28.9 Å². The zero-order chi connectivity index (χ0) is 31.3. The zero-order valence-corrected chi connectivity index (χ0v) is 22.2. The summed E-state index contributed by atoms with van der Waals surface area (Å²) in [6, 6.07) is 4.84. The number of rotatable bonds is 6. The fourth-order valence-corrected chi connectivity index (χ4v) is 4.91. The summed E-state index contributed by atoms with van der Waals surface area (Å²) in [6.45, 7) is 0.151. The first kappa shape index (κ1) is 31.2. The summed E-state index contributed by atoms with van der Waals surface area (Å²) in [5.74, 6) is -1.13. The third-order valence-corrected chi connectivity index (χ3v) is 6.94. The molecule has 0 radical (unpaired) electrons. The molecule has 2 heterocycles. The predicted octanol–water partition coefficient (Wildman–Crippen LogP) is 6.95. The van der Waals surface area contributed by atoms with Crippen molar-refractivity contribution in [2.45, 2.75) is 50.8 Å². The van der Waals surface area contributed by atoms with Crippen LogP contribution in [0, 0.1) is 6.92 Å². The molecule has 4 rings (SSSR count). The molecule has 0 N–H and O–H groups in total. The summed E-state index contributed by atoms with van der Waals surface area (Å²) >= 11 is 0. The number of oxime groups is 1. The Morgan fingerprint density at radius 2 is 1.62 bits per heavy atom. The minimum atomic E-state index is -5.04. The third-order valence-electron chi connectivity index (χ3n) is 6.94. The Labute approximate surface area is 233 Å². The molecule has 1 unspecified atom stereocenters. The van der Waals surface area contributed by atoms with E-state index in [1.54, 1.807) is 0 Å². The van der Waals surface area contributed by atoms with Crippen molar-refractivity contribution >= 4 is 17.5 Å². The first-order chi connectivity index (χ1) is 19.3. The first-order valence-electron chi connectivity index (χ1n) is 12.6. The van der Waals surface area contributed by atoms with E-state index < -0.39 is 65.7 Å². The van der Waals surface area contributed by atoms with Crippen molar-refractivity contribution in [1.82, 2.24) is 9.80 Å². The van der Waals surface area contributed by atoms with Crippen molar-refractivity contribution in [2.75, 3.05) is 26.2 Å². The summed E-state index contributed by atoms with van der Waals surface area (Å²) in [5.41, 5.74) is -4.23. The molecule has 2 aromatic rings. The van der Waals surface area contributed by atoms with Gasteiger partial charge in [-0.15, -0.1) is 0 Å². The second kappa shape index (κ2) is 10.8. The fourth-order valence-electron chi connectivity index (χ4n) is 4.91. The van der Waals surface area contributed by atoms with Crippen LogP contribution >= 0.6 is 0 Å². The number of hydrogen-bond acceptors (Lipinski definition) is 4. The SMILES string of the molecule is Cc1cc(C(F)(F)F)cc(C2(C)CC(c3ccc(C(=O)CN4CCCN(CC(F)(F)F)C4=O)c(C(F)(F)F)c3)=NO2)c1. The van der Waals surface area contributed by atoms with Crippen LogP contribution in [0.15, 0.2) is 41.6 Å². The number of amides is 2. The maximum atomic E-state index is 14.1. The lowest BCUT2D eigenvalue weighted by Crippen LogP contribution is -2.53. The molecule has 0 aliphatic carbocycles. The molecule has 42 heavy (non-hydrogen) atoms. The van der Waals surface area contributed by atoms with Crippen molar-refractivity contribution in [2.24, 2.45) is 5.16 Å². The number of benzene rings is 2. The number of aryl methyl sites for hydroxylation is 1. The molecule has 2 aliphatic heterocycles.